The van der Waals surface area contributed by atoms with Gasteiger partial charge in [-0.3, -0.25) is 67.2 Å². The van der Waals surface area contributed by atoms with E-state index in [9.17, 15) is 60.0 Å². The highest BCUT2D eigenvalue weighted by Crippen LogP contribution is 2.89. The van der Waals surface area contributed by atoms with Gasteiger partial charge >= 0.3 is 5.97 Å². The number of aliphatic carboxylic acids is 1. The van der Waals surface area contributed by atoms with E-state index in [1.807, 2.05) is 55.4 Å². The summed E-state index contributed by atoms with van der Waals surface area (Å²) >= 11 is 0. The second-order valence-electron chi connectivity index (χ2n) is 45.6. The van der Waals surface area contributed by atoms with Crippen molar-refractivity contribution >= 4 is 78.7 Å². The number of hydrogen-bond donors (Lipinski definition) is 5. The minimum Gasteiger partial charge on any atom is -0.480 e. The quantitative estimate of drug-likeness (QED) is 0.0381. The molecular weight excluding hydrogens is 1590 g/mol. The zero-order valence-corrected chi connectivity index (χ0v) is 79.8. The van der Waals surface area contributed by atoms with Gasteiger partial charge in [0.25, 0.3) is 0 Å². The van der Waals surface area contributed by atoms with Crippen molar-refractivity contribution in [3.8, 4) is 0 Å². The summed E-state index contributed by atoms with van der Waals surface area (Å²) in [6, 6.07) is -2.78. The fourth-order valence-corrected chi connectivity index (χ4v) is 30.4. The van der Waals surface area contributed by atoms with E-state index in [-0.39, 0.29) is 141 Å². The fraction of sp³-hybridized carbons (Fsp3) is 0.857. The summed E-state index contributed by atoms with van der Waals surface area (Å²) in [5.74, 6) is -4.94. The number of hydrogen-bond acceptors (Lipinski definition) is 17. The molecule has 5 amide bonds. The lowest BCUT2D eigenvalue weighted by Crippen LogP contribution is -2.57. The molecule has 4 saturated heterocycles. The van der Waals surface area contributed by atoms with Gasteiger partial charge in [-0.25, -0.2) is 16.8 Å². The number of sulfonamides is 2. The molecule has 14 rings (SSSR count). The first kappa shape index (κ1) is 96.8. The number of likely N-dealkylation sites (tertiary alicyclic amines) is 4. The van der Waals surface area contributed by atoms with Gasteiger partial charge in [-0.15, -0.1) is 13.2 Å². The van der Waals surface area contributed by atoms with Crippen molar-refractivity contribution in [2.45, 2.75) is 413 Å². The molecule has 0 aromatic carbocycles. The van der Waals surface area contributed by atoms with Crippen LogP contribution in [0.5, 0.6) is 0 Å². The Morgan fingerprint density at radius 1 is 0.480 bits per heavy atom. The summed E-state index contributed by atoms with van der Waals surface area (Å²) in [7, 11) is -7.85. The third-order valence-corrected chi connectivity index (χ3v) is 40.5. The van der Waals surface area contributed by atoms with Crippen molar-refractivity contribution in [1.82, 2.24) is 34.4 Å². The molecule has 10 saturated carbocycles. The lowest BCUT2D eigenvalue weighted by molar-refractivity contribution is -0.147. The van der Waals surface area contributed by atoms with Crippen LogP contribution in [0, 0.1) is 89.7 Å². The molecule has 0 aromatic rings. The summed E-state index contributed by atoms with van der Waals surface area (Å²) in [4.78, 5) is 149. The van der Waals surface area contributed by atoms with Crippen LogP contribution in [0.2, 0.25) is 0 Å². The number of allylic oxidation sites excluding steroid dienone is 2. The molecule has 6 N–H and O–H groups in total. The average Bonchev–Trinajstić information content (AvgIpc) is 1.45. The molecule has 0 aromatic heterocycles. The van der Waals surface area contributed by atoms with Crippen molar-refractivity contribution in [3.63, 3.8) is 0 Å². The van der Waals surface area contributed by atoms with E-state index in [0.717, 1.165) is 154 Å². The van der Waals surface area contributed by atoms with Gasteiger partial charge < -0.3 is 26.0 Å². The molecule has 14 fully saturated rings. The minimum absolute atomic E-state index is 0.00592. The molecule has 23 nitrogen and oxygen atoms in total. The third-order valence-electron chi connectivity index (χ3n) is 36.1. The molecule has 14 atom stereocenters. The van der Waals surface area contributed by atoms with Gasteiger partial charge in [0.2, 0.25) is 49.6 Å². The Labute approximate surface area is 738 Å². The SMILES string of the molecule is C=C[C@@H]1C[C@]1(CC(=O)[C@@H]1C[C@@]2(CN1C(=O)[C@@H](CC(=O)[C@@H](N)C1CCCCC1)C(C)(C)C)C(C)(C)C21CCC1)C(=O)NS(=O)(=O)C1(CCC)CC1.C=C[C@@H]1C[C@]1(CC(=O)[C@@H]1C[C@@]2(CN1C(=O)[C@@H](CC(=O)[C@@H](NC(=O)[C@@H]1CCCCN1C(C)C)C1CCCCC1)C(C)(C)C)C(C)(C)C21CCC1)C(=O)NS(=O)(=O)C1(CCC)CC1.CC(C)N1CCCC[C@H]1C(=O)O. The molecule has 123 heavy (non-hydrogen) atoms. The van der Waals surface area contributed by atoms with E-state index in [4.69, 9.17) is 10.8 Å². The van der Waals surface area contributed by atoms with Gasteiger partial charge in [-0.1, -0.05) is 172 Å². The smallest absolute Gasteiger partial charge is 0.320 e. The first-order valence-corrected chi connectivity index (χ1v) is 51.4. The molecule has 692 valence electrons. The van der Waals surface area contributed by atoms with Crippen LogP contribution in [0.4, 0.5) is 0 Å². The topological polar surface area (TPSA) is 334 Å². The molecule has 4 spiro atoms. The monoisotopic (exact) mass is 1750 g/mol. The van der Waals surface area contributed by atoms with Gasteiger partial charge in [0.05, 0.1) is 50.5 Å². The van der Waals surface area contributed by atoms with Gasteiger partial charge in [-0.05, 0) is 238 Å². The molecule has 25 heteroatoms. The van der Waals surface area contributed by atoms with Crippen LogP contribution in [-0.4, -0.2) is 184 Å². The predicted molar refractivity (Wildman–Crippen MR) is 479 cm³/mol. The van der Waals surface area contributed by atoms with E-state index in [2.05, 4.69) is 93.1 Å². The number of carbonyl (C=O) groups excluding carboxylic acids is 9. The van der Waals surface area contributed by atoms with Crippen LogP contribution in [0.15, 0.2) is 25.3 Å². The Morgan fingerprint density at radius 3 is 1.16 bits per heavy atom. The normalized spacial score (nSPS) is 32.2. The molecular formula is C98H158N8O15S2. The summed E-state index contributed by atoms with van der Waals surface area (Å²) < 4.78 is 57.0. The van der Waals surface area contributed by atoms with Crippen molar-refractivity contribution in [1.29, 1.82) is 0 Å². The number of nitrogens with one attached hydrogen (secondary N) is 3. The van der Waals surface area contributed by atoms with Crippen LogP contribution in [-0.2, 0) is 68.0 Å². The maximum Gasteiger partial charge on any atom is 0.320 e. The number of Topliss-reactive ketones (excluding diaryl/α,β-unsaturated/α-hetero) is 4. The van der Waals surface area contributed by atoms with Crippen LogP contribution in [0.3, 0.4) is 0 Å². The summed E-state index contributed by atoms with van der Waals surface area (Å²) in [6.07, 6.45) is 31.4. The van der Waals surface area contributed by atoms with Gasteiger partial charge in [0.1, 0.15) is 6.04 Å². The molecule has 0 bridgehead atoms. The highest BCUT2D eigenvalue weighted by atomic mass is 32.2. The minimum atomic E-state index is -3.94. The Hall–Kier alpha value is -5.24. The number of carboxylic acids is 1. The summed E-state index contributed by atoms with van der Waals surface area (Å²) in [6.45, 7) is 43.7. The third kappa shape index (κ3) is 17.5. The number of carboxylic acid groups (broad SMARTS) is 1. The van der Waals surface area contributed by atoms with Crippen molar-refractivity contribution in [2.75, 3.05) is 26.2 Å². The maximum absolute atomic E-state index is 15.4. The summed E-state index contributed by atoms with van der Waals surface area (Å²) in [5.41, 5.74) is 2.44. The standard InChI is InChI=1S/C49H78N4O7S.C40H63N3O6S.C9H17NO2/c1-10-21-46(24-25-46)61(59,60)51-43(58)47(28-34(47)11-2)30-39(55)37-29-49(45(8,9)48(49)22-17-23-48)31-53(37)42(57)35(44(5,6)7)27-38(54)40(33-18-13-12-14-19-33)50-41(56)36-20-15-16-26-52(36)32(3)4;1-8-16-37(19-20-37)50(48,49)42-34(47)38(22-27(38)9-2)24-31(45)29-23-40(36(6,7)39(40)17-13-18-39)25-43(29)33(46)28(35(3,4)5)21-30(44)32(41)26-14-11-10-12-15-26;1-7(2)10-6-4-3-5-8(10)9(11)12/h11,32-37,40H,2,10,12-31H2,1,3-9H3,(H,50,56)(H,51,58);9,26-29,32H,2,8,10-25,41H2,1,3-7H3,(H,42,47);7-8H,3-6H2,1-2H3,(H,11,12)/t34-,35-,36+,37+,40+,47-,49-;27-,28-,29+,32+,38-,40-;8-/m110/s1. The Balaban J connectivity index is 0.000000200. The number of carbonyl (C=O) groups is 10. The van der Waals surface area contributed by atoms with E-state index >= 15 is 4.79 Å². The van der Waals surface area contributed by atoms with Gasteiger partial charge in [0, 0.05) is 73.5 Å². The fourth-order valence-electron chi connectivity index (χ4n) is 26.8. The molecule has 14 aliphatic rings. The lowest BCUT2D eigenvalue weighted by Gasteiger charge is -2.40. The van der Waals surface area contributed by atoms with Crippen molar-refractivity contribution < 1.29 is 69.9 Å². The molecule has 4 aliphatic heterocycles. The second kappa shape index (κ2) is 35.6. The lowest BCUT2D eigenvalue weighted by atomic mass is 9.73. The molecule has 4 heterocycles. The maximum atomic E-state index is 15.4. The Morgan fingerprint density at radius 2 is 0.846 bits per heavy atom. The highest BCUT2D eigenvalue weighted by molar-refractivity contribution is 7.92. The Bertz CT molecular complexity index is 4260. The average molecular weight is 1750 g/mol. The van der Waals surface area contributed by atoms with E-state index in [1.54, 1.807) is 22.0 Å². The van der Waals surface area contributed by atoms with Crippen molar-refractivity contribution in [3.05, 3.63) is 25.3 Å². The number of piperidine rings is 2. The summed E-state index contributed by atoms with van der Waals surface area (Å²) in [5, 5.41) is 12.2. The number of ketones is 4. The zero-order valence-electron chi connectivity index (χ0n) is 78.2. The number of fused-ring (bicyclic) bond motifs is 2. The second-order valence-corrected chi connectivity index (χ2v) is 49.7. The van der Waals surface area contributed by atoms with Gasteiger partial charge in [-0.2, -0.15) is 0 Å². The predicted octanol–water partition coefficient (Wildman–Crippen LogP) is 15.2. The van der Waals surface area contributed by atoms with E-state index in [1.165, 1.54) is 0 Å². The molecule has 0 unspecified atom stereocenters. The van der Waals surface area contributed by atoms with E-state index < -0.39 is 105 Å². The molecule has 0 radical (unpaired) electrons. The Kier molecular flexibility index (Phi) is 28.0. The van der Waals surface area contributed by atoms with Crippen LogP contribution < -0.4 is 20.5 Å². The highest BCUT2D eigenvalue weighted by Gasteiger charge is 2.87. The number of nitrogens with zero attached hydrogens (tertiary/aromatic N) is 4. The zero-order chi connectivity index (χ0) is 90.4. The first-order valence-electron chi connectivity index (χ1n) is 48.4. The largest absolute Gasteiger partial charge is 0.480 e. The number of amides is 5. The molecule has 10 aliphatic carbocycles. The van der Waals surface area contributed by atoms with Crippen LogP contribution >= 0.6 is 0 Å². The van der Waals surface area contributed by atoms with Gasteiger partial charge in [0.15, 0.2) is 23.1 Å². The van der Waals surface area contributed by atoms with E-state index in [0.29, 0.717) is 96.2 Å². The number of nitrogens with two attached hydrogens (primary N) is 1. The van der Waals surface area contributed by atoms with Crippen molar-refractivity contribution in [2.24, 2.45) is 95.4 Å². The number of rotatable bonds is 33. The van der Waals surface area contributed by atoms with Crippen LogP contribution in [0.25, 0.3) is 0 Å². The first-order chi connectivity index (χ1) is 57.5. The van der Waals surface area contributed by atoms with Crippen LogP contribution in [0.1, 0.15) is 355 Å².